The SMILES string of the molecule is Cc1c(Br)cccc1C(NN)c1cccc2ncccc12. The number of fused-ring (bicyclic) bond motifs is 1. The molecule has 0 aliphatic rings. The van der Waals surface area contributed by atoms with Gasteiger partial charge in [-0.1, -0.05) is 46.3 Å². The maximum absolute atomic E-state index is 5.86. The lowest BCUT2D eigenvalue weighted by Crippen LogP contribution is -2.29. The molecule has 3 aromatic rings. The van der Waals surface area contributed by atoms with E-state index < -0.39 is 0 Å². The van der Waals surface area contributed by atoms with Crippen LogP contribution in [0.4, 0.5) is 0 Å². The topological polar surface area (TPSA) is 50.9 Å². The molecule has 0 aliphatic heterocycles. The summed E-state index contributed by atoms with van der Waals surface area (Å²) in [6, 6.07) is 16.2. The highest BCUT2D eigenvalue weighted by molar-refractivity contribution is 9.10. The van der Waals surface area contributed by atoms with Crippen molar-refractivity contribution in [3.8, 4) is 0 Å². The maximum Gasteiger partial charge on any atom is 0.0719 e. The van der Waals surface area contributed by atoms with Crippen LogP contribution in [0.2, 0.25) is 0 Å². The fourth-order valence-electron chi connectivity index (χ4n) is 2.66. The molecule has 3 N–H and O–H groups in total. The van der Waals surface area contributed by atoms with Crippen LogP contribution in [0.15, 0.2) is 59.2 Å². The first kappa shape index (κ1) is 14.2. The molecule has 1 aromatic heterocycles. The number of nitrogens with two attached hydrogens (primary N) is 1. The van der Waals surface area contributed by atoms with Crippen molar-refractivity contribution in [2.75, 3.05) is 0 Å². The molecular formula is C17H16BrN3. The monoisotopic (exact) mass is 341 g/mol. The fourth-order valence-corrected chi connectivity index (χ4v) is 3.04. The van der Waals surface area contributed by atoms with Crippen LogP contribution in [0, 0.1) is 6.92 Å². The third-order valence-electron chi connectivity index (χ3n) is 3.78. The largest absolute Gasteiger partial charge is 0.271 e. The Balaban J connectivity index is 2.21. The summed E-state index contributed by atoms with van der Waals surface area (Å²) in [4.78, 5) is 4.41. The molecule has 1 heterocycles. The van der Waals surface area contributed by atoms with E-state index in [1.54, 1.807) is 6.20 Å². The van der Waals surface area contributed by atoms with Gasteiger partial charge >= 0.3 is 0 Å². The molecule has 4 heteroatoms. The van der Waals surface area contributed by atoms with Crippen molar-refractivity contribution in [1.29, 1.82) is 0 Å². The zero-order valence-electron chi connectivity index (χ0n) is 11.7. The Bertz CT molecular complexity index is 781. The number of rotatable bonds is 3. The number of benzene rings is 2. The van der Waals surface area contributed by atoms with E-state index in [9.17, 15) is 0 Å². The van der Waals surface area contributed by atoms with Gasteiger partial charge in [-0.2, -0.15) is 0 Å². The molecule has 3 nitrogen and oxygen atoms in total. The normalized spacial score (nSPS) is 12.5. The summed E-state index contributed by atoms with van der Waals surface area (Å²) in [5.41, 5.74) is 7.39. The van der Waals surface area contributed by atoms with Crippen LogP contribution < -0.4 is 11.3 Å². The summed E-state index contributed by atoms with van der Waals surface area (Å²) >= 11 is 3.58. The summed E-state index contributed by atoms with van der Waals surface area (Å²) in [7, 11) is 0. The van der Waals surface area contributed by atoms with Crippen molar-refractivity contribution >= 4 is 26.8 Å². The number of aromatic nitrogens is 1. The minimum Gasteiger partial charge on any atom is -0.271 e. The molecule has 1 unspecified atom stereocenters. The molecular weight excluding hydrogens is 326 g/mol. The van der Waals surface area contributed by atoms with Crippen LogP contribution in [-0.4, -0.2) is 4.98 Å². The average molecular weight is 342 g/mol. The number of halogens is 1. The van der Waals surface area contributed by atoms with E-state index in [4.69, 9.17) is 5.84 Å². The lowest BCUT2D eigenvalue weighted by atomic mass is 9.93. The van der Waals surface area contributed by atoms with Crippen LogP contribution in [0.25, 0.3) is 10.9 Å². The van der Waals surface area contributed by atoms with Gasteiger partial charge in [0, 0.05) is 16.1 Å². The highest BCUT2D eigenvalue weighted by atomic mass is 79.9. The van der Waals surface area contributed by atoms with Crippen molar-refractivity contribution in [3.05, 3.63) is 75.9 Å². The number of nitrogens with one attached hydrogen (secondary N) is 1. The fraction of sp³-hybridized carbons (Fsp3) is 0.118. The minimum absolute atomic E-state index is 0.0737. The van der Waals surface area contributed by atoms with E-state index >= 15 is 0 Å². The maximum atomic E-state index is 5.86. The highest BCUT2D eigenvalue weighted by Crippen LogP contribution is 2.31. The van der Waals surface area contributed by atoms with Crippen molar-refractivity contribution in [1.82, 2.24) is 10.4 Å². The van der Waals surface area contributed by atoms with Gasteiger partial charge in [-0.3, -0.25) is 10.8 Å². The van der Waals surface area contributed by atoms with Gasteiger partial charge in [0.15, 0.2) is 0 Å². The quantitative estimate of drug-likeness (QED) is 0.561. The second kappa shape index (κ2) is 5.93. The first-order valence-corrected chi connectivity index (χ1v) is 7.56. The molecule has 0 spiro atoms. The molecule has 0 amide bonds. The van der Waals surface area contributed by atoms with Crippen molar-refractivity contribution in [2.24, 2.45) is 5.84 Å². The molecule has 0 fully saturated rings. The molecule has 2 aromatic carbocycles. The van der Waals surface area contributed by atoms with E-state index in [0.717, 1.165) is 26.5 Å². The summed E-state index contributed by atoms with van der Waals surface area (Å²) in [6.07, 6.45) is 1.81. The van der Waals surface area contributed by atoms with Gasteiger partial charge in [-0.15, -0.1) is 0 Å². The van der Waals surface area contributed by atoms with Crippen LogP contribution in [0.5, 0.6) is 0 Å². The van der Waals surface area contributed by atoms with E-state index in [-0.39, 0.29) is 6.04 Å². The van der Waals surface area contributed by atoms with Crippen molar-refractivity contribution in [3.63, 3.8) is 0 Å². The summed E-state index contributed by atoms with van der Waals surface area (Å²) in [6.45, 7) is 2.09. The Morgan fingerprint density at radius 3 is 2.62 bits per heavy atom. The Hall–Kier alpha value is -1.75. The van der Waals surface area contributed by atoms with E-state index in [1.807, 2.05) is 30.3 Å². The van der Waals surface area contributed by atoms with Crippen LogP contribution in [0.1, 0.15) is 22.7 Å². The third-order valence-corrected chi connectivity index (χ3v) is 4.64. The summed E-state index contributed by atoms with van der Waals surface area (Å²) in [5, 5.41) is 1.11. The van der Waals surface area contributed by atoms with E-state index in [2.05, 4.69) is 51.5 Å². The van der Waals surface area contributed by atoms with Crippen molar-refractivity contribution < 1.29 is 0 Å². The van der Waals surface area contributed by atoms with Crippen LogP contribution in [-0.2, 0) is 0 Å². The Kier molecular flexibility index (Phi) is 4.01. The standard InChI is InChI=1S/C17H16BrN3/c1-11-12(5-2-8-15(11)18)17(21-19)14-6-3-9-16-13(14)7-4-10-20-16/h2-10,17,21H,19H2,1H3. The molecule has 1 atom stereocenters. The average Bonchev–Trinajstić information content (AvgIpc) is 2.52. The molecule has 0 bridgehead atoms. The number of nitrogens with zero attached hydrogens (tertiary/aromatic N) is 1. The molecule has 106 valence electrons. The molecule has 0 saturated carbocycles. The second-order valence-corrected chi connectivity index (χ2v) is 5.83. The minimum atomic E-state index is -0.0737. The zero-order chi connectivity index (χ0) is 14.8. The van der Waals surface area contributed by atoms with Crippen molar-refractivity contribution in [2.45, 2.75) is 13.0 Å². The van der Waals surface area contributed by atoms with Gasteiger partial charge in [0.1, 0.15) is 0 Å². The second-order valence-electron chi connectivity index (χ2n) is 4.97. The Labute approximate surface area is 132 Å². The first-order chi connectivity index (χ1) is 10.2. The predicted octanol–water partition coefficient (Wildman–Crippen LogP) is 3.86. The van der Waals surface area contributed by atoms with Gasteiger partial charge in [0.25, 0.3) is 0 Å². The predicted molar refractivity (Wildman–Crippen MR) is 89.8 cm³/mol. The van der Waals surface area contributed by atoms with Gasteiger partial charge in [0.2, 0.25) is 0 Å². The molecule has 0 radical (unpaired) electrons. The van der Waals surface area contributed by atoms with E-state index in [1.165, 1.54) is 5.56 Å². The Morgan fingerprint density at radius 1 is 1.05 bits per heavy atom. The van der Waals surface area contributed by atoms with Gasteiger partial charge in [-0.25, -0.2) is 5.43 Å². The van der Waals surface area contributed by atoms with Crippen LogP contribution >= 0.6 is 15.9 Å². The molecule has 21 heavy (non-hydrogen) atoms. The lowest BCUT2D eigenvalue weighted by Gasteiger charge is -2.21. The van der Waals surface area contributed by atoms with Gasteiger partial charge < -0.3 is 0 Å². The third kappa shape index (κ3) is 2.58. The van der Waals surface area contributed by atoms with Gasteiger partial charge in [-0.05, 0) is 41.8 Å². The lowest BCUT2D eigenvalue weighted by molar-refractivity contribution is 0.637. The Morgan fingerprint density at radius 2 is 1.81 bits per heavy atom. The summed E-state index contributed by atoms with van der Waals surface area (Å²) < 4.78 is 1.08. The van der Waals surface area contributed by atoms with Gasteiger partial charge in [0.05, 0.1) is 11.6 Å². The smallest absolute Gasteiger partial charge is 0.0719 e. The number of hydrogen-bond acceptors (Lipinski definition) is 3. The highest BCUT2D eigenvalue weighted by Gasteiger charge is 2.18. The number of hydrazine groups is 1. The zero-order valence-corrected chi connectivity index (χ0v) is 13.3. The van der Waals surface area contributed by atoms with E-state index in [0.29, 0.717) is 0 Å². The number of pyridine rings is 1. The van der Waals surface area contributed by atoms with Crippen LogP contribution in [0.3, 0.4) is 0 Å². The molecule has 0 saturated heterocycles. The number of hydrogen-bond donors (Lipinski definition) is 2. The first-order valence-electron chi connectivity index (χ1n) is 6.77. The molecule has 0 aliphatic carbocycles. The summed E-state index contributed by atoms with van der Waals surface area (Å²) in [5.74, 6) is 5.86. The molecule has 3 rings (SSSR count).